The highest BCUT2D eigenvalue weighted by atomic mass is 31.2. The van der Waals surface area contributed by atoms with E-state index in [4.69, 9.17) is 37.0 Å². The van der Waals surface area contributed by atoms with Crippen LogP contribution >= 0.6 is 15.6 Å². The highest BCUT2D eigenvalue weighted by Crippen LogP contribution is 2.45. The van der Waals surface area contributed by atoms with Crippen LogP contribution in [0.5, 0.6) is 0 Å². The first-order chi connectivity index (χ1) is 47.5. The zero-order chi connectivity index (χ0) is 71.9. The van der Waals surface area contributed by atoms with Gasteiger partial charge in [0.05, 0.1) is 26.4 Å². The molecule has 3 N–H and O–H groups in total. The Balaban J connectivity index is 5.24. The van der Waals surface area contributed by atoms with E-state index in [9.17, 15) is 43.2 Å². The van der Waals surface area contributed by atoms with Crippen LogP contribution in [0.3, 0.4) is 0 Å². The van der Waals surface area contributed by atoms with Crippen LogP contribution in [-0.2, 0) is 65.4 Å². The summed E-state index contributed by atoms with van der Waals surface area (Å²) < 4.78 is 68.7. The Labute approximate surface area is 600 Å². The van der Waals surface area contributed by atoms with Gasteiger partial charge in [0.2, 0.25) is 0 Å². The number of carbonyl (C=O) groups is 4. The number of rotatable bonds is 79. The van der Waals surface area contributed by atoms with Crippen molar-refractivity contribution in [2.75, 3.05) is 39.6 Å². The molecule has 19 heteroatoms. The molecule has 582 valence electrons. The van der Waals surface area contributed by atoms with Gasteiger partial charge in [-0.15, -0.1) is 0 Å². The predicted octanol–water partition coefficient (Wildman–Crippen LogP) is 23.6. The van der Waals surface area contributed by atoms with Gasteiger partial charge in [0.1, 0.15) is 19.3 Å². The molecule has 2 unspecified atom stereocenters. The minimum Gasteiger partial charge on any atom is -0.462 e. The normalized spacial score (nSPS) is 13.9. The maximum atomic E-state index is 13.1. The number of ether oxygens (including phenoxy) is 4. The van der Waals surface area contributed by atoms with E-state index in [1.165, 1.54) is 244 Å². The molecule has 0 saturated carbocycles. The van der Waals surface area contributed by atoms with E-state index in [2.05, 4.69) is 34.6 Å². The van der Waals surface area contributed by atoms with Crippen LogP contribution in [-0.4, -0.2) is 96.7 Å². The third-order valence-corrected chi connectivity index (χ3v) is 20.4. The maximum absolute atomic E-state index is 13.1. The monoisotopic (exact) mass is 1440 g/mol. The Morgan fingerprint density at radius 2 is 0.469 bits per heavy atom. The van der Waals surface area contributed by atoms with E-state index in [0.717, 1.165) is 95.8 Å². The van der Waals surface area contributed by atoms with Gasteiger partial charge in [0, 0.05) is 25.7 Å². The molecule has 0 rings (SSSR count). The maximum Gasteiger partial charge on any atom is 0.472 e. The average Bonchev–Trinajstić information content (AvgIpc) is 1.19. The molecule has 98 heavy (non-hydrogen) atoms. The Morgan fingerprint density at radius 3 is 0.694 bits per heavy atom. The number of aliphatic hydroxyl groups is 1. The van der Waals surface area contributed by atoms with Crippen molar-refractivity contribution in [2.24, 2.45) is 5.92 Å². The lowest BCUT2D eigenvalue weighted by atomic mass is 10.0. The molecule has 0 aliphatic carbocycles. The third-order valence-electron chi connectivity index (χ3n) is 18.5. The summed E-state index contributed by atoms with van der Waals surface area (Å²) in [7, 11) is -9.91. The van der Waals surface area contributed by atoms with Gasteiger partial charge >= 0.3 is 39.5 Å². The van der Waals surface area contributed by atoms with E-state index in [1.807, 2.05) is 0 Å². The number of hydrogen-bond donors (Lipinski definition) is 3. The van der Waals surface area contributed by atoms with Crippen molar-refractivity contribution in [3.8, 4) is 0 Å². The van der Waals surface area contributed by atoms with Crippen molar-refractivity contribution in [2.45, 2.75) is 438 Å². The minimum absolute atomic E-state index is 0.108. The summed E-state index contributed by atoms with van der Waals surface area (Å²) in [6.07, 6.45) is 62.2. The fraction of sp³-hybridized carbons (Fsp3) is 0.949. The van der Waals surface area contributed by atoms with Gasteiger partial charge in [0.15, 0.2) is 12.2 Å². The number of phosphoric acid groups is 2. The minimum atomic E-state index is -4.96. The van der Waals surface area contributed by atoms with E-state index in [0.29, 0.717) is 25.7 Å². The quantitative estimate of drug-likeness (QED) is 0.0222. The molecule has 5 atom stereocenters. The molecule has 0 saturated heterocycles. The molecule has 0 aromatic rings. The zero-order valence-electron chi connectivity index (χ0n) is 63.9. The van der Waals surface area contributed by atoms with Crippen LogP contribution in [0.1, 0.15) is 420 Å². The van der Waals surface area contributed by atoms with Gasteiger partial charge < -0.3 is 33.8 Å². The highest BCUT2D eigenvalue weighted by molar-refractivity contribution is 7.47. The number of aliphatic hydroxyl groups excluding tert-OH is 1. The molecule has 0 bridgehead atoms. The summed E-state index contributed by atoms with van der Waals surface area (Å²) >= 11 is 0. The molecular weight excluding hydrogens is 1280 g/mol. The second-order valence-corrected chi connectivity index (χ2v) is 31.8. The Kier molecular flexibility index (Phi) is 70.6. The lowest BCUT2D eigenvalue weighted by Gasteiger charge is -2.21. The Hall–Kier alpha value is -1.94. The molecule has 0 heterocycles. The van der Waals surface area contributed by atoms with Gasteiger partial charge in [-0.05, 0) is 31.6 Å². The van der Waals surface area contributed by atoms with Crippen molar-refractivity contribution in [1.29, 1.82) is 0 Å². The van der Waals surface area contributed by atoms with Gasteiger partial charge in [-0.25, -0.2) is 9.13 Å². The van der Waals surface area contributed by atoms with Crippen LogP contribution in [0.15, 0.2) is 0 Å². The number of phosphoric ester groups is 2. The fourth-order valence-corrected chi connectivity index (χ4v) is 13.8. The molecule has 0 aliphatic heterocycles. The zero-order valence-corrected chi connectivity index (χ0v) is 65.7. The van der Waals surface area contributed by atoms with Gasteiger partial charge in [0.25, 0.3) is 0 Å². The van der Waals surface area contributed by atoms with Crippen LogP contribution < -0.4 is 0 Å². The SMILES string of the molecule is CCCCCCCCCCCCCCCC(=O)OC[C@H](COP(=O)(O)OC[C@H](O)COP(=O)(O)OC[C@@H](COC(=O)CCCCCCCCCCCCCCC)OC(=O)CCCCCCCCCCCCCCCCCCC(C)C)OC(=O)CCCCCCCCCCCCCCC. The first-order valence-corrected chi connectivity index (χ1v) is 44.1. The van der Waals surface area contributed by atoms with Crippen molar-refractivity contribution >= 4 is 39.5 Å². The molecule has 0 aromatic carbocycles. The smallest absolute Gasteiger partial charge is 0.462 e. The largest absolute Gasteiger partial charge is 0.472 e. The first-order valence-electron chi connectivity index (χ1n) is 41.1. The van der Waals surface area contributed by atoms with Crippen molar-refractivity contribution < 1.29 is 80.2 Å². The molecule has 0 amide bonds. The lowest BCUT2D eigenvalue weighted by Crippen LogP contribution is -2.30. The van der Waals surface area contributed by atoms with Crippen LogP contribution in [0.25, 0.3) is 0 Å². The van der Waals surface area contributed by atoms with Crippen LogP contribution in [0, 0.1) is 5.92 Å². The summed E-state index contributed by atoms with van der Waals surface area (Å²) in [6, 6.07) is 0. The third kappa shape index (κ3) is 72.4. The number of unbranched alkanes of at least 4 members (excludes halogenated alkanes) is 51. The highest BCUT2D eigenvalue weighted by Gasteiger charge is 2.30. The lowest BCUT2D eigenvalue weighted by molar-refractivity contribution is -0.161. The molecule has 0 aliphatic rings. The predicted molar refractivity (Wildman–Crippen MR) is 400 cm³/mol. The summed E-state index contributed by atoms with van der Waals surface area (Å²) in [4.78, 5) is 73.0. The van der Waals surface area contributed by atoms with Crippen LogP contribution in [0.4, 0.5) is 0 Å². The van der Waals surface area contributed by atoms with Gasteiger partial charge in [-0.1, -0.05) is 369 Å². The standard InChI is InChI=1S/C79H154O17P2/c1-6-9-12-15-18-21-24-31-37-42-47-52-57-62-76(81)89-68-74(95-78(83)64-59-54-49-44-39-33-26-23-20-17-14-11-8-3)70-93-97(85,86)91-66-73(80)67-92-98(87,88)94-71-75(69-90-77(82)63-58-53-48-43-38-32-25-22-19-16-13-10-7-2)96-79(84)65-60-55-50-45-40-35-30-28-27-29-34-36-41-46-51-56-61-72(4)5/h72-75,80H,6-71H2,1-5H3,(H,85,86)(H,87,88)/t73-,74+,75+/m0/s1. The van der Waals surface area contributed by atoms with Crippen molar-refractivity contribution in [3.63, 3.8) is 0 Å². The summed E-state index contributed by atoms with van der Waals surface area (Å²) in [6.45, 7) is 7.36. The van der Waals surface area contributed by atoms with Gasteiger partial charge in [-0.3, -0.25) is 37.3 Å². The van der Waals surface area contributed by atoms with Crippen LogP contribution in [0.2, 0.25) is 0 Å². The number of hydrogen-bond acceptors (Lipinski definition) is 15. The van der Waals surface area contributed by atoms with Crippen molar-refractivity contribution in [3.05, 3.63) is 0 Å². The summed E-state index contributed by atoms with van der Waals surface area (Å²) in [5.74, 6) is -1.30. The summed E-state index contributed by atoms with van der Waals surface area (Å²) in [5.41, 5.74) is 0. The second kappa shape index (κ2) is 72.0. The van der Waals surface area contributed by atoms with E-state index < -0.39 is 97.5 Å². The molecule has 17 nitrogen and oxygen atoms in total. The molecule has 0 fully saturated rings. The molecule has 0 aromatic heterocycles. The fourth-order valence-electron chi connectivity index (χ4n) is 12.2. The number of carbonyl (C=O) groups excluding carboxylic acids is 4. The number of esters is 4. The first kappa shape index (κ1) is 96.1. The molecule has 0 radical (unpaired) electrons. The van der Waals surface area contributed by atoms with Crippen molar-refractivity contribution in [1.82, 2.24) is 0 Å². The Morgan fingerprint density at radius 1 is 0.276 bits per heavy atom. The molecule has 0 spiro atoms. The molecular formula is C79H154O17P2. The van der Waals surface area contributed by atoms with E-state index in [-0.39, 0.29) is 25.7 Å². The van der Waals surface area contributed by atoms with Gasteiger partial charge in [-0.2, -0.15) is 0 Å². The van der Waals surface area contributed by atoms with E-state index in [1.54, 1.807) is 0 Å². The van der Waals surface area contributed by atoms with E-state index >= 15 is 0 Å². The topological polar surface area (TPSA) is 237 Å². The Bertz CT molecular complexity index is 1870. The average molecular weight is 1440 g/mol. The summed E-state index contributed by atoms with van der Waals surface area (Å²) in [5, 5.41) is 10.6. The second-order valence-electron chi connectivity index (χ2n) is 28.9.